The molecule has 6 nitrogen and oxygen atoms in total. The van der Waals surface area contributed by atoms with Crippen molar-refractivity contribution in [3.8, 4) is 5.75 Å². The number of rotatable bonds is 7. The summed E-state index contributed by atoms with van der Waals surface area (Å²) in [7, 11) is 1.37. The van der Waals surface area contributed by atoms with Crippen molar-refractivity contribution < 1.29 is 19.0 Å². The smallest absolute Gasteiger partial charge is 0.350 e. The molecule has 26 heavy (non-hydrogen) atoms. The highest BCUT2D eigenvalue weighted by Crippen LogP contribution is 2.48. The van der Waals surface area contributed by atoms with E-state index in [-0.39, 0.29) is 12.0 Å². The maximum absolute atomic E-state index is 12.2. The zero-order chi connectivity index (χ0) is 18.5. The van der Waals surface area contributed by atoms with Gasteiger partial charge in [0.05, 0.1) is 32.9 Å². The topological polar surface area (TPSA) is 74.0 Å². The van der Waals surface area contributed by atoms with Gasteiger partial charge in [-0.3, -0.25) is 0 Å². The fourth-order valence-corrected chi connectivity index (χ4v) is 4.58. The van der Waals surface area contributed by atoms with E-state index in [1.54, 1.807) is 0 Å². The molecule has 1 atom stereocenters. The van der Waals surface area contributed by atoms with Crippen LogP contribution in [0.25, 0.3) is 0 Å². The van der Waals surface area contributed by atoms with Crippen molar-refractivity contribution in [2.45, 2.75) is 12.6 Å². The Morgan fingerprint density at radius 3 is 2.88 bits per heavy atom. The van der Waals surface area contributed by atoms with E-state index in [4.69, 9.17) is 19.9 Å². The minimum absolute atomic E-state index is 0.0636. The van der Waals surface area contributed by atoms with Gasteiger partial charge in [-0.2, -0.15) is 0 Å². The van der Waals surface area contributed by atoms with Crippen molar-refractivity contribution in [3.63, 3.8) is 0 Å². The Morgan fingerprint density at radius 2 is 2.19 bits per heavy atom. The second-order valence-corrected chi connectivity index (χ2v) is 8.14. The highest BCUT2D eigenvalue weighted by Gasteiger charge is 2.34. The zero-order valence-electron chi connectivity index (χ0n) is 14.4. The van der Waals surface area contributed by atoms with Crippen LogP contribution >= 0.6 is 27.3 Å². The maximum atomic E-state index is 12.2. The molecule has 8 heteroatoms. The van der Waals surface area contributed by atoms with Crippen LogP contribution in [0.5, 0.6) is 5.75 Å². The Labute approximate surface area is 165 Å². The molecule has 1 aromatic carbocycles. The molecule has 1 aromatic heterocycles. The van der Waals surface area contributed by atoms with Crippen LogP contribution < -0.4 is 15.4 Å². The molecule has 0 saturated carbocycles. The molecule has 2 N–H and O–H groups in total. The molecule has 1 aliphatic heterocycles. The van der Waals surface area contributed by atoms with Crippen LogP contribution in [0.2, 0.25) is 0 Å². The summed E-state index contributed by atoms with van der Waals surface area (Å²) in [5.74, 6) is 0.289. The minimum atomic E-state index is -0.381. The highest BCUT2D eigenvalue weighted by molar-refractivity contribution is 9.11. The lowest BCUT2D eigenvalue weighted by atomic mass is 10.2. The van der Waals surface area contributed by atoms with Gasteiger partial charge < -0.3 is 24.8 Å². The predicted molar refractivity (Wildman–Crippen MR) is 105 cm³/mol. The second-order valence-electron chi connectivity index (χ2n) is 5.81. The van der Waals surface area contributed by atoms with Gasteiger partial charge in [0.1, 0.15) is 21.0 Å². The Bertz CT molecular complexity index is 753. The number of thiophene rings is 1. The minimum Gasteiger partial charge on any atom is -0.487 e. The molecule has 1 unspecified atom stereocenters. The molecule has 2 aromatic rings. The van der Waals surface area contributed by atoms with E-state index in [1.165, 1.54) is 18.4 Å². The summed E-state index contributed by atoms with van der Waals surface area (Å²) >= 11 is 4.79. The van der Waals surface area contributed by atoms with Crippen molar-refractivity contribution in [2.75, 3.05) is 38.3 Å². The van der Waals surface area contributed by atoms with Crippen LogP contribution in [-0.4, -0.2) is 45.4 Å². The number of benzene rings is 1. The lowest BCUT2D eigenvalue weighted by Gasteiger charge is -2.36. The van der Waals surface area contributed by atoms with E-state index < -0.39 is 0 Å². The molecule has 0 radical (unpaired) electrons. The Kier molecular flexibility index (Phi) is 6.53. The Hall–Kier alpha value is -1.61. The van der Waals surface area contributed by atoms with E-state index in [0.29, 0.717) is 43.5 Å². The number of ether oxygens (including phenoxy) is 3. The molecule has 1 aliphatic rings. The molecule has 140 valence electrons. The van der Waals surface area contributed by atoms with Gasteiger partial charge >= 0.3 is 5.97 Å². The second kappa shape index (κ2) is 8.85. The summed E-state index contributed by atoms with van der Waals surface area (Å²) in [6.45, 7) is 2.54. The van der Waals surface area contributed by atoms with Crippen LogP contribution in [0, 0.1) is 0 Å². The normalized spacial score (nSPS) is 14.5. The quantitative estimate of drug-likeness (QED) is 0.666. The van der Waals surface area contributed by atoms with Crippen LogP contribution in [0.15, 0.2) is 34.1 Å². The lowest BCUT2D eigenvalue weighted by molar-refractivity contribution is 0.0605. The molecule has 0 amide bonds. The number of methoxy groups -OCH3 is 1. The number of halogens is 1. The number of hydrogen-bond donors (Lipinski definition) is 1. The van der Waals surface area contributed by atoms with Gasteiger partial charge in [-0.25, -0.2) is 4.79 Å². The Morgan fingerprint density at radius 1 is 1.42 bits per heavy atom. The molecule has 0 fully saturated rings. The van der Waals surface area contributed by atoms with Gasteiger partial charge in [0, 0.05) is 6.54 Å². The fourth-order valence-electron chi connectivity index (χ4n) is 2.89. The predicted octanol–water partition coefficient (Wildman–Crippen LogP) is 3.04. The molecular formula is C18H21BrN2O4S. The van der Waals surface area contributed by atoms with E-state index in [2.05, 4.69) is 20.8 Å². The summed E-state index contributed by atoms with van der Waals surface area (Å²) < 4.78 is 17.3. The fraction of sp³-hybridized carbons (Fsp3) is 0.389. The first-order valence-corrected chi connectivity index (χ1v) is 9.88. The first-order valence-electron chi connectivity index (χ1n) is 8.27. The maximum Gasteiger partial charge on any atom is 0.350 e. The molecule has 0 spiro atoms. The van der Waals surface area contributed by atoms with E-state index >= 15 is 0 Å². The number of fused-ring (bicyclic) bond motifs is 1. The van der Waals surface area contributed by atoms with Crippen molar-refractivity contribution >= 4 is 38.9 Å². The third-order valence-corrected chi connectivity index (χ3v) is 5.95. The van der Waals surface area contributed by atoms with Gasteiger partial charge in [0.15, 0.2) is 5.75 Å². The number of anilines is 1. The van der Waals surface area contributed by atoms with E-state index in [1.807, 2.05) is 30.3 Å². The third-order valence-electron chi connectivity index (χ3n) is 4.17. The average molecular weight is 441 g/mol. The van der Waals surface area contributed by atoms with Gasteiger partial charge in [-0.15, -0.1) is 11.3 Å². The van der Waals surface area contributed by atoms with Crippen LogP contribution in [0.1, 0.15) is 15.2 Å². The first-order chi connectivity index (χ1) is 12.7. The molecule has 0 aliphatic carbocycles. The molecule has 3 rings (SSSR count). The summed E-state index contributed by atoms with van der Waals surface area (Å²) in [4.78, 5) is 14.8. The SMILES string of the molecule is COC(=O)c1sc(Br)c2c1N(C(CN)COCc1ccccc1)CCO2. The van der Waals surface area contributed by atoms with Crippen molar-refractivity contribution in [2.24, 2.45) is 5.73 Å². The van der Waals surface area contributed by atoms with Gasteiger partial charge in [0.25, 0.3) is 0 Å². The molecular weight excluding hydrogens is 420 g/mol. The number of nitrogens with two attached hydrogens (primary N) is 1. The lowest BCUT2D eigenvalue weighted by Crippen LogP contribution is -2.48. The van der Waals surface area contributed by atoms with Gasteiger partial charge in [0.2, 0.25) is 0 Å². The number of nitrogens with zero attached hydrogens (tertiary/aromatic N) is 1. The summed E-state index contributed by atoms with van der Waals surface area (Å²) in [5, 5.41) is 0. The van der Waals surface area contributed by atoms with Crippen molar-refractivity contribution in [3.05, 3.63) is 44.6 Å². The molecule has 0 saturated heterocycles. The molecule has 0 bridgehead atoms. The summed E-state index contributed by atoms with van der Waals surface area (Å²) in [6, 6.07) is 9.93. The number of carbonyl (C=O) groups is 1. The average Bonchev–Trinajstić information content (AvgIpc) is 3.03. The van der Waals surface area contributed by atoms with Crippen LogP contribution in [0.3, 0.4) is 0 Å². The van der Waals surface area contributed by atoms with Crippen molar-refractivity contribution in [1.82, 2.24) is 0 Å². The van der Waals surface area contributed by atoms with Crippen LogP contribution in [-0.2, 0) is 16.1 Å². The van der Waals surface area contributed by atoms with E-state index in [9.17, 15) is 4.79 Å². The van der Waals surface area contributed by atoms with Gasteiger partial charge in [-0.05, 0) is 21.5 Å². The largest absolute Gasteiger partial charge is 0.487 e. The number of hydrogen-bond acceptors (Lipinski definition) is 7. The monoisotopic (exact) mass is 440 g/mol. The summed E-state index contributed by atoms with van der Waals surface area (Å²) in [6.07, 6.45) is 0. The first kappa shape index (κ1) is 19.2. The van der Waals surface area contributed by atoms with E-state index in [0.717, 1.165) is 15.0 Å². The van der Waals surface area contributed by atoms with Gasteiger partial charge in [-0.1, -0.05) is 30.3 Å². The molecule has 2 heterocycles. The number of carbonyl (C=O) groups excluding carboxylic acids is 1. The standard InChI is InChI=1S/C18H21BrN2O4S/c1-23-18(22)16-14-15(17(19)26-16)25-8-7-21(14)13(9-20)11-24-10-12-5-3-2-4-6-12/h2-6,13H,7-11,20H2,1H3. The third kappa shape index (κ3) is 4.03. The van der Waals surface area contributed by atoms with Crippen molar-refractivity contribution in [1.29, 1.82) is 0 Å². The Balaban J connectivity index is 1.77. The zero-order valence-corrected chi connectivity index (χ0v) is 16.8. The number of esters is 1. The summed E-state index contributed by atoms with van der Waals surface area (Å²) in [5.41, 5.74) is 7.86. The highest BCUT2D eigenvalue weighted by atomic mass is 79.9. The van der Waals surface area contributed by atoms with Crippen LogP contribution in [0.4, 0.5) is 5.69 Å².